The highest BCUT2D eigenvalue weighted by Gasteiger charge is 2.39. The molecule has 1 aromatic heterocycles. The zero-order chi connectivity index (χ0) is 31.7. The first kappa shape index (κ1) is 30.3. The first-order valence-electron chi connectivity index (χ1n) is 15.5. The normalized spacial score (nSPS) is 17.4. The van der Waals surface area contributed by atoms with Gasteiger partial charge in [0.15, 0.2) is 5.78 Å². The van der Waals surface area contributed by atoms with E-state index in [9.17, 15) is 19.2 Å². The van der Waals surface area contributed by atoms with Gasteiger partial charge in [0, 0.05) is 48.8 Å². The molecule has 9 nitrogen and oxygen atoms in total. The van der Waals surface area contributed by atoms with Crippen molar-refractivity contribution in [2.24, 2.45) is 11.7 Å². The quantitative estimate of drug-likeness (QED) is 0.247. The number of aromatic nitrogens is 1. The zero-order valence-corrected chi connectivity index (χ0v) is 25.7. The number of ketones is 1. The molecule has 0 aliphatic carbocycles. The number of aromatic amines is 1. The van der Waals surface area contributed by atoms with Crippen molar-refractivity contribution >= 4 is 45.8 Å². The Morgan fingerprint density at radius 1 is 1.02 bits per heavy atom. The van der Waals surface area contributed by atoms with Crippen LogP contribution in [0.1, 0.15) is 49.8 Å². The van der Waals surface area contributed by atoms with Gasteiger partial charge >= 0.3 is 0 Å². The van der Waals surface area contributed by atoms with Gasteiger partial charge in [-0.25, -0.2) is 0 Å². The van der Waals surface area contributed by atoms with E-state index >= 15 is 0 Å². The summed E-state index contributed by atoms with van der Waals surface area (Å²) in [7, 11) is 0. The second-order valence-corrected chi connectivity index (χ2v) is 12.7. The molecule has 6 rings (SSSR count). The van der Waals surface area contributed by atoms with Crippen molar-refractivity contribution in [2.75, 3.05) is 16.3 Å². The number of anilines is 2. The summed E-state index contributed by atoms with van der Waals surface area (Å²) in [5.74, 6) is -1.43. The molecule has 3 aromatic carbocycles. The fraction of sp³-hybridized carbons (Fsp3) is 0.333. The predicted octanol–water partition coefficient (Wildman–Crippen LogP) is 4.42. The van der Waals surface area contributed by atoms with E-state index in [2.05, 4.69) is 10.3 Å². The molecule has 1 fully saturated rings. The Morgan fingerprint density at radius 2 is 1.78 bits per heavy atom. The number of fused-ring (bicyclic) bond motifs is 2. The molecule has 0 bridgehead atoms. The molecule has 4 aromatic rings. The summed E-state index contributed by atoms with van der Waals surface area (Å²) in [6, 6.07) is 22.4. The van der Waals surface area contributed by atoms with E-state index in [1.807, 2.05) is 79.0 Å². The number of nitrogens with two attached hydrogens (primary N) is 1. The van der Waals surface area contributed by atoms with Crippen LogP contribution in [-0.4, -0.2) is 46.6 Å². The Balaban J connectivity index is 1.32. The number of nitrogens with one attached hydrogen (secondary N) is 2. The third-order valence-corrected chi connectivity index (χ3v) is 8.82. The molecule has 9 heteroatoms. The van der Waals surface area contributed by atoms with Crippen LogP contribution in [0.15, 0.2) is 79.0 Å². The van der Waals surface area contributed by atoms with Crippen LogP contribution < -0.4 is 20.9 Å². The largest absolute Gasteiger partial charge is 0.361 e. The van der Waals surface area contributed by atoms with Crippen molar-refractivity contribution in [3.05, 3.63) is 95.7 Å². The Hall–Kier alpha value is -4.76. The molecule has 45 heavy (non-hydrogen) atoms. The highest BCUT2D eigenvalue weighted by molar-refractivity contribution is 6.07. The van der Waals surface area contributed by atoms with E-state index < -0.39 is 23.4 Å². The van der Waals surface area contributed by atoms with Gasteiger partial charge in [0.05, 0.1) is 29.5 Å². The first-order chi connectivity index (χ1) is 21.6. The van der Waals surface area contributed by atoms with Gasteiger partial charge in [-0.05, 0) is 55.5 Å². The summed E-state index contributed by atoms with van der Waals surface area (Å²) >= 11 is 0. The molecule has 3 heterocycles. The number of nitrogens with zero attached hydrogens (tertiary/aromatic N) is 2. The summed E-state index contributed by atoms with van der Waals surface area (Å²) in [5.41, 5.74) is 10.1. The molecule has 2 atom stereocenters. The van der Waals surface area contributed by atoms with Crippen molar-refractivity contribution in [3.63, 3.8) is 0 Å². The summed E-state index contributed by atoms with van der Waals surface area (Å²) in [4.78, 5) is 61.0. The third kappa shape index (κ3) is 6.26. The van der Waals surface area contributed by atoms with Crippen molar-refractivity contribution in [2.45, 2.75) is 64.1 Å². The Bertz CT molecular complexity index is 1760. The highest BCUT2D eigenvalue weighted by Crippen LogP contribution is 2.42. The van der Waals surface area contributed by atoms with E-state index in [1.165, 1.54) is 0 Å². The molecular weight excluding hydrogens is 566 g/mol. The lowest BCUT2D eigenvalue weighted by atomic mass is 9.85. The van der Waals surface area contributed by atoms with Gasteiger partial charge in [-0.3, -0.25) is 19.2 Å². The molecule has 3 amide bonds. The fourth-order valence-corrected chi connectivity index (χ4v) is 6.44. The summed E-state index contributed by atoms with van der Waals surface area (Å²) in [6.45, 7) is 4.12. The lowest BCUT2D eigenvalue weighted by Gasteiger charge is -2.37. The van der Waals surface area contributed by atoms with Gasteiger partial charge in [-0.1, -0.05) is 60.7 Å². The Morgan fingerprint density at radius 3 is 2.51 bits per heavy atom. The van der Waals surface area contributed by atoms with Crippen LogP contribution in [0.3, 0.4) is 0 Å². The van der Waals surface area contributed by atoms with Crippen LogP contribution >= 0.6 is 0 Å². The number of carbonyl (C=O) groups excluding carboxylic acids is 4. The Labute approximate surface area is 262 Å². The number of Topliss-reactive ketones (excluding diaryl/α,β-unsaturated/α-hetero) is 1. The second-order valence-electron chi connectivity index (χ2n) is 12.7. The molecule has 4 N–H and O–H groups in total. The number of benzene rings is 3. The monoisotopic (exact) mass is 605 g/mol. The first-order valence-corrected chi connectivity index (χ1v) is 15.5. The number of rotatable bonds is 10. The van der Waals surface area contributed by atoms with Crippen LogP contribution in [0.25, 0.3) is 10.9 Å². The standard InChI is InChI=1S/C36H39N5O4/c1-36(2,37)35(45)39-29(19-26-21-38-28-14-7-6-13-27(26)28)31(42)20-25-18-24-12-8-15-30(40-17-9-16-32(40)43)33(24)41(34(25)44)22-23-10-4-3-5-11-23/h3-8,10-15,21,25,29,38H,9,16-20,22,37H2,1-2H3,(H,39,45)/t25?,29-/m1/s1. The molecule has 1 unspecified atom stereocenters. The zero-order valence-electron chi connectivity index (χ0n) is 25.7. The molecule has 1 saturated heterocycles. The van der Waals surface area contributed by atoms with Crippen LogP contribution in [0.2, 0.25) is 0 Å². The van der Waals surface area contributed by atoms with Crippen molar-refractivity contribution < 1.29 is 19.2 Å². The van der Waals surface area contributed by atoms with Crippen molar-refractivity contribution in [1.29, 1.82) is 0 Å². The van der Waals surface area contributed by atoms with Gasteiger partial charge < -0.3 is 25.8 Å². The highest BCUT2D eigenvalue weighted by atomic mass is 16.2. The number of hydrogen-bond acceptors (Lipinski definition) is 5. The van der Waals surface area contributed by atoms with E-state index in [0.717, 1.165) is 45.4 Å². The maximum Gasteiger partial charge on any atom is 0.240 e. The topological polar surface area (TPSA) is 129 Å². The average Bonchev–Trinajstić information content (AvgIpc) is 3.64. The van der Waals surface area contributed by atoms with Gasteiger partial charge in [0.1, 0.15) is 0 Å². The van der Waals surface area contributed by atoms with Crippen LogP contribution in [-0.2, 0) is 38.6 Å². The molecule has 0 radical (unpaired) electrons. The molecule has 2 aliphatic rings. The van der Waals surface area contributed by atoms with Gasteiger partial charge in [-0.2, -0.15) is 0 Å². The van der Waals surface area contributed by atoms with Gasteiger partial charge in [-0.15, -0.1) is 0 Å². The van der Waals surface area contributed by atoms with Crippen LogP contribution in [0.4, 0.5) is 11.4 Å². The second kappa shape index (κ2) is 12.3. The average molecular weight is 606 g/mol. The van der Waals surface area contributed by atoms with Gasteiger partial charge in [0.25, 0.3) is 0 Å². The molecule has 2 aliphatic heterocycles. The number of para-hydroxylation sites is 2. The molecule has 0 saturated carbocycles. The Kier molecular flexibility index (Phi) is 8.29. The smallest absolute Gasteiger partial charge is 0.240 e. The van der Waals surface area contributed by atoms with Crippen molar-refractivity contribution in [1.82, 2.24) is 10.3 Å². The number of hydrogen-bond donors (Lipinski definition) is 3. The van der Waals surface area contributed by atoms with E-state index in [4.69, 9.17) is 5.73 Å². The maximum atomic E-state index is 14.3. The summed E-state index contributed by atoms with van der Waals surface area (Å²) in [5, 5.41) is 3.86. The molecular formula is C36H39N5O4. The fourth-order valence-electron chi connectivity index (χ4n) is 6.44. The number of carbonyl (C=O) groups is 4. The maximum absolute atomic E-state index is 14.3. The van der Waals surface area contributed by atoms with E-state index in [-0.39, 0.29) is 30.4 Å². The minimum absolute atomic E-state index is 0.0469. The SMILES string of the molecule is CC(C)(N)C(=O)N[C@H](Cc1c[nH]c2ccccc12)C(=O)CC1Cc2cccc(N3CCCC3=O)c2N(Cc2ccccc2)C1=O. The molecule has 232 valence electrons. The summed E-state index contributed by atoms with van der Waals surface area (Å²) in [6.07, 6.45) is 3.69. The minimum atomic E-state index is -1.19. The lowest BCUT2D eigenvalue weighted by Crippen LogP contribution is -2.55. The van der Waals surface area contributed by atoms with Crippen LogP contribution in [0, 0.1) is 5.92 Å². The third-order valence-electron chi connectivity index (χ3n) is 8.82. The summed E-state index contributed by atoms with van der Waals surface area (Å²) < 4.78 is 0. The predicted molar refractivity (Wildman–Crippen MR) is 175 cm³/mol. The van der Waals surface area contributed by atoms with Gasteiger partial charge in [0.2, 0.25) is 17.7 Å². The minimum Gasteiger partial charge on any atom is -0.361 e. The van der Waals surface area contributed by atoms with Crippen molar-refractivity contribution in [3.8, 4) is 0 Å². The van der Waals surface area contributed by atoms with E-state index in [0.29, 0.717) is 25.9 Å². The van der Waals surface area contributed by atoms with Crippen LogP contribution in [0.5, 0.6) is 0 Å². The number of amides is 3. The van der Waals surface area contributed by atoms with E-state index in [1.54, 1.807) is 23.6 Å². The lowest BCUT2D eigenvalue weighted by molar-refractivity contribution is -0.132. The number of H-pyrrole nitrogens is 1. The molecule has 0 spiro atoms.